The summed E-state index contributed by atoms with van der Waals surface area (Å²) in [6, 6.07) is 13.5. The number of methoxy groups -OCH3 is 1. The van der Waals surface area contributed by atoms with Gasteiger partial charge in [-0.1, -0.05) is 12.1 Å². The van der Waals surface area contributed by atoms with Gasteiger partial charge in [0.25, 0.3) is 12.9 Å². The van der Waals surface area contributed by atoms with E-state index in [0.29, 0.717) is 17.9 Å². The van der Waals surface area contributed by atoms with Crippen LogP contribution in [0, 0.1) is 0 Å². The predicted octanol–water partition coefficient (Wildman–Crippen LogP) is 5.43. The Morgan fingerprint density at radius 1 is 1.09 bits per heavy atom. The Morgan fingerprint density at radius 3 is 2.21 bits per heavy atom. The lowest BCUT2D eigenvalue weighted by atomic mass is 10.1. The van der Waals surface area contributed by atoms with E-state index in [2.05, 4.69) is 16.4 Å². The second-order valence-corrected chi connectivity index (χ2v) is 7.56. The van der Waals surface area contributed by atoms with Crippen molar-refractivity contribution in [2.75, 3.05) is 25.1 Å². The molecule has 178 valence electrons. The lowest BCUT2D eigenvalue weighted by Gasteiger charge is -2.24. The number of carbonyl (C=O) groups is 1. The van der Waals surface area contributed by atoms with Crippen molar-refractivity contribution in [2.45, 2.75) is 25.7 Å². The number of nitrogens with one attached hydrogen (secondary N) is 1. The van der Waals surface area contributed by atoms with Gasteiger partial charge in [-0.2, -0.15) is 0 Å². The number of aryl methyl sites for hydroxylation is 1. The summed E-state index contributed by atoms with van der Waals surface area (Å²) in [5, 5.41) is 1.67. The second kappa shape index (κ2) is 13.5. The summed E-state index contributed by atoms with van der Waals surface area (Å²) in [6.45, 7) is 2.00. The van der Waals surface area contributed by atoms with E-state index >= 15 is 0 Å². The number of hydrogen-bond donors (Lipinski definition) is 1. The molecular weight excluding hydrogens is 458 g/mol. The van der Waals surface area contributed by atoms with Crippen LogP contribution in [-0.2, 0) is 11.2 Å². The fourth-order valence-electron chi connectivity index (χ4n) is 2.91. The van der Waals surface area contributed by atoms with Crippen LogP contribution in [0.25, 0.3) is 5.70 Å². The number of ether oxygens (including phenoxy) is 1. The van der Waals surface area contributed by atoms with Gasteiger partial charge in [0.05, 0.1) is 25.9 Å². The van der Waals surface area contributed by atoms with Crippen LogP contribution in [-0.4, -0.2) is 45.7 Å². The third-order valence-electron chi connectivity index (χ3n) is 4.56. The Morgan fingerprint density at radius 2 is 1.70 bits per heavy atom. The number of alkyl halides is 4. The van der Waals surface area contributed by atoms with E-state index in [1.165, 1.54) is 12.1 Å². The summed E-state index contributed by atoms with van der Waals surface area (Å²) in [5.74, 6) is 0.502. The van der Waals surface area contributed by atoms with Crippen molar-refractivity contribution < 1.29 is 27.1 Å². The second-order valence-electron chi connectivity index (χ2n) is 6.89. The average Bonchev–Trinajstić information content (AvgIpc) is 2.80. The maximum atomic E-state index is 12.7. The molecule has 1 amide bonds. The van der Waals surface area contributed by atoms with Gasteiger partial charge >= 0.3 is 0 Å². The zero-order chi connectivity index (χ0) is 24.2. The highest BCUT2D eigenvalue weighted by atomic mass is 32.2. The van der Waals surface area contributed by atoms with E-state index in [1.807, 2.05) is 12.1 Å². The van der Waals surface area contributed by atoms with Crippen molar-refractivity contribution in [1.82, 2.24) is 4.72 Å². The van der Waals surface area contributed by atoms with Crippen LogP contribution >= 0.6 is 11.9 Å². The van der Waals surface area contributed by atoms with E-state index in [9.17, 15) is 22.4 Å². The summed E-state index contributed by atoms with van der Waals surface area (Å²) in [7, 11) is 1.58. The molecule has 33 heavy (non-hydrogen) atoms. The number of hydrogen-bond acceptors (Lipinski definition) is 5. The first-order valence-corrected chi connectivity index (χ1v) is 10.9. The number of carbonyl (C=O) groups excluding carboxylic acids is 1. The Bertz CT molecular complexity index is 912. The fraction of sp³-hybridized carbons (Fsp3) is 0.304. The maximum Gasteiger partial charge on any atom is 0.255 e. The predicted molar refractivity (Wildman–Crippen MR) is 125 cm³/mol. The first kappa shape index (κ1) is 26.2. The van der Waals surface area contributed by atoms with Crippen LogP contribution in [0.1, 0.15) is 17.5 Å². The standard InChI is InChI=1S/C23H25F4N3O2S/c1-28-20(17-6-10-19(32-2)11-7-17)15-33-29-23(31)12-5-16-3-8-18(9-4-16)30(13-21(24)25)14-22(26)27/h3-4,6-11,15,21-22H,1,5,12-14H2,2H3,(H,29,31)/b20-15-. The molecule has 0 heterocycles. The molecule has 0 aliphatic heterocycles. The van der Waals surface area contributed by atoms with Gasteiger partial charge in [0.15, 0.2) is 0 Å². The van der Waals surface area contributed by atoms with Gasteiger partial charge in [0.2, 0.25) is 5.91 Å². The third-order valence-corrected chi connectivity index (χ3v) is 5.25. The Balaban J connectivity index is 1.85. The molecular formula is C23H25F4N3O2S. The van der Waals surface area contributed by atoms with Gasteiger partial charge < -0.3 is 9.64 Å². The Labute approximate surface area is 194 Å². The molecule has 2 aromatic rings. The van der Waals surface area contributed by atoms with Gasteiger partial charge in [-0.05, 0) is 67.0 Å². The van der Waals surface area contributed by atoms with Crippen molar-refractivity contribution in [1.29, 1.82) is 0 Å². The number of aliphatic imine (C=N–C) groups is 1. The molecule has 2 rings (SSSR count). The monoisotopic (exact) mass is 483 g/mol. The van der Waals surface area contributed by atoms with Crippen LogP contribution in [0.2, 0.25) is 0 Å². The summed E-state index contributed by atoms with van der Waals surface area (Å²) in [4.78, 5) is 17.0. The molecule has 10 heteroatoms. The van der Waals surface area contributed by atoms with E-state index in [4.69, 9.17) is 4.74 Å². The molecule has 0 unspecified atom stereocenters. The highest BCUT2D eigenvalue weighted by molar-refractivity contribution is 8.00. The molecule has 0 saturated carbocycles. The minimum Gasteiger partial charge on any atom is -0.497 e. The van der Waals surface area contributed by atoms with Crippen molar-refractivity contribution in [3.63, 3.8) is 0 Å². The lowest BCUT2D eigenvalue weighted by Crippen LogP contribution is -2.33. The molecule has 0 fully saturated rings. The molecule has 0 aliphatic carbocycles. The first-order chi connectivity index (χ1) is 15.8. The van der Waals surface area contributed by atoms with Crippen LogP contribution in [0.4, 0.5) is 23.2 Å². The number of anilines is 1. The van der Waals surface area contributed by atoms with Gasteiger partial charge in [0.1, 0.15) is 5.75 Å². The van der Waals surface area contributed by atoms with Gasteiger partial charge in [-0.3, -0.25) is 14.5 Å². The van der Waals surface area contributed by atoms with E-state index < -0.39 is 25.9 Å². The summed E-state index contributed by atoms with van der Waals surface area (Å²) in [6.07, 6.45) is -4.84. The number of nitrogens with zero attached hydrogens (tertiary/aromatic N) is 2. The normalized spacial score (nSPS) is 11.5. The van der Waals surface area contributed by atoms with Crippen molar-refractivity contribution in [3.8, 4) is 5.75 Å². The lowest BCUT2D eigenvalue weighted by molar-refractivity contribution is -0.119. The zero-order valence-electron chi connectivity index (χ0n) is 18.0. The van der Waals surface area contributed by atoms with E-state index in [-0.39, 0.29) is 18.0 Å². The minimum atomic E-state index is -2.72. The fourth-order valence-corrected chi connectivity index (χ4v) is 3.52. The highest BCUT2D eigenvalue weighted by Crippen LogP contribution is 2.22. The SMILES string of the molecule is C=N/C(=C\SNC(=O)CCc1ccc(N(CC(F)F)CC(F)F)cc1)c1ccc(OC)cc1. The van der Waals surface area contributed by atoms with Crippen molar-refractivity contribution in [2.24, 2.45) is 4.99 Å². The number of amides is 1. The molecule has 0 aliphatic rings. The first-order valence-electron chi connectivity index (χ1n) is 9.98. The van der Waals surface area contributed by atoms with E-state index in [0.717, 1.165) is 28.0 Å². The minimum absolute atomic E-state index is 0.192. The molecule has 0 spiro atoms. The van der Waals surface area contributed by atoms with Crippen LogP contribution < -0.4 is 14.4 Å². The maximum absolute atomic E-state index is 12.7. The molecule has 0 saturated heterocycles. The number of rotatable bonds is 13. The Kier molecular flexibility index (Phi) is 10.8. The largest absolute Gasteiger partial charge is 0.497 e. The highest BCUT2D eigenvalue weighted by Gasteiger charge is 2.17. The summed E-state index contributed by atoms with van der Waals surface area (Å²) in [5.41, 5.74) is 2.48. The molecule has 0 aromatic heterocycles. The van der Waals surface area contributed by atoms with Crippen molar-refractivity contribution >= 4 is 36.0 Å². The molecule has 2 aromatic carbocycles. The Hall–Kier alpha value is -3.01. The molecule has 0 bridgehead atoms. The quantitative estimate of drug-likeness (QED) is 0.235. The third kappa shape index (κ3) is 9.17. The molecule has 1 N–H and O–H groups in total. The number of benzene rings is 2. The molecule has 5 nitrogen and oxygen atoms in total. The summed E-state index contributed by atoms with van der Waals surface area (Å²) < 4.78 is 58.5. The van der Waals surface area contributed by atoms with Crippen LogP contribution in [0.5, 0.6) is 5.75 Å². The van der Waals surface area contributed by atoms with Crippen molar-refractivity contribution in [3.05, 3.63) is 65.1 Å². The zero-order valence-corrected chi connectivity index (χ0v) is 18.8. The smallest absolute Gasteiger partial charge is 0.255 e. The van der Waals surface area contributed by atoms with Gasteiger partial charge in [-0.15, -0.1) is 0 Å². The molecule has 0 atom stereocenters. The van der Waals surface area contributed by atoms with E-state index in [1.54, 1.807) is 36.8 Å². The number of halogens is 4. The molecule has 0 radical (unpaired) electrons. The average molecular weight is 484 g/mol. The van der Waals surface area contributed by atoms with Gasteiger partial charge in [-0.25, -0.2) is 17.6 Å². The van der Waals surface area contributed by atoms with Gasteiger partial charge in [0, 0.05) is 23.1 Å². The summed E-state index contributed by atoms with van der Waals surface area (Å²) >= 11 is 1.08. The van der Waals surface area contributed by atoms with Crippen LogP contribution in [0.15, 0.2) is 58.9 Å². The van der Waals surface area contributed by atoms with Crippen LogP contribution in [0.3, 0.4) is 0 Å². The topological polar surface area (TPSA) is 53.9 Å².